The van der Waals surface area contributed by atoms with Gasteiger partial charge >= 0.3 is 0 Å². The van der Waals surface area contributed by atoms with Crippen LogP contribution in [0.2, 0.25) is 0 Å². The third-order valence-electron chi connectivity index (χ3n) is 5.53. The number of rotatable bonds is 5. The minimum atomic E-state index is 0.643. The molecule has 0 saturated heterocycles. The average molecular weight is 353 g/mol. The number of hydrogen-bond acceptors (Lipinski definition) is 2. The average Bonchev–Trinajstić information content (AvgIpc) is 3.51. The topological polar surface area (TPSA) is 30.7 Å². The molecule has 0 N–H and O–H groups in total. The molecule has 2 aromatic carbocycles. The van der Waals surface area contributed by atoms with Gasteiger partial charge in [-0.05, 0) is 47.7 Å². The van der Waals surface area contributed by atoms with Crippen molar-refractivity contribution < 1.29 is 0 Å². The van der Waals surface area contributed by atoms with E-state index in [1.54, 1.807) is 0 Å². The monoisotopic (exact) mass is 353 g/mol. The summed E-state index contributed by atoms with van der Waals surface area (Å²) in [6.07, 6.45) is 7.29. The lowest BCUT2D eigenvalue weighted by Crippen LogP contribution is -2.07. The van der Waals surface area contributed by atoms with Crippen LogP contribution in [0.1, 0.15) is 42.6 Å². The van der Waals surface area contributed by atoms with Crippen molar-refractivity contribution in [1.29, 1.82) is 0 Å². The predicted molar refractivity (Wildman–Crippen MR) is 110 cm³/mol. The zero-order valence-electron chi connectivity index (χ0n) is 15.6. The molecule has 0 unspecified atom stereocenters. The molecular weight excluding hydrogens is 330 g/mol. The summed E-state index contributed by atoms with van der Waals surface area (Å²) in [4.78, 5) is 9.44. The lowest BCUT2D eigenvalue weighted by atomic mass is 10.0. The van der Waals surface area contributed by atoms with Gasteiger partial charge in [0.2, 0.25) is 0 Å². The van der Waals surface area contributed by atoms with E-state index in [1.165, 1.54) is 40.6 Å². The third-order valence-corrected chi connectivity index (χ3v) is 5.53. The Morgan fingerprint density at radius 3 is 2.63 bits per heavy atom. The number of hydrogen-bond donors (Lipinski definition) is 0. The number of fused-ring (bicyclic) bond motifs is 1. The number of benzene rings is 2. The van der Waals surface area contributed by atoms with E-state index in [0.29, 0.717) is 5.92 Å². The van der Waals surface area contributed by atoms with Crippen molar-refractivity contribution >= 4 is 10.8 Å². The molecular formula is C24H23N3. The van der Waals surface area contributed by atoms with Gasteiger partial charge in [-0.3, -0.25) is 4.98 Å². The lowest BCUT2D eigenvalue weighted by Gasteiger charge is -2.14. The van der Waals surface area contributed by atoms with E-state index in [9.17, 15) is 0 Å². The standard InChI is InChI=1S/C24H23N3/c1-2-22-23(18-12-13-18)26-24(19-10-6-14-25-15-19)27(22)16-20-9-5-8-17-7-3-4-11-21(17)20/h3-11,14-15,18H,2,12-13,16H2,1H3. The Morgan fingerprint density at radius 1 is 1.00 bits per heavy atom. The fraction of sp³-hybridized carbons (Fsp3) is 0.250. The molecule has 1 aliphatic rings. The Balaban J connectivity index is 1.68. The fourth-order valence-corrected chi connectivity index (χ4v) is 4.05. The van der Waals surface area contributed by atoms with Gasteiger partial charge < -0.3 is 4.57 Å². The molecule has 0 aliphatic heterocycles. The normalized spacial score (nSPS) is 14.0. The molecule has 2 aromatic heterocycles. The Bertz CT molecular complexity index is 1090. The summed E-state index contributed by atoms with van der Waals surface area (Å²) < 4.78 is 2.42. The zero-order valence-corrected chi connectivity index (χ0v) is 15.6. The molecule has 134 valence electrons. The van der Waals surface area contributed by atoms with Crippen molar-refractivity contribution in [3.8, 4) is 11.4 Å². The third kappa shape index (κ3) is 2.93. The Morgan fingerprint density at radius 2 is 1.85 bits per heavy atom. The van der Waals surface area contributed by atoms with E-state index in [0.717, 1.165) is 24.4 Å². The van der Waals surface area contributed by atoms with Gasteiger partial charge in [0, 0.05) is 36.1 Å². The Kier molecular flexibility index (Phi) is 4.01. The van der Waals surface area contributed by atoms with Crippen molar-refractivity contribution in [2.75, 3.05) is 0 Å². The summed E-state index contributed by atoms with van der Waals surface area (Å²) in [6, 6.07) is 19.3. The number of pyridine rings is 1. The van der Waals surface area contributed by atoms with Gasteiger partial charge in [0.15, 0.2) is 0 Å². The number of aromatic nitrogens is 3. The van der Waals surface area contributed by atoms with Gasteiger partial charge in [-0.15, -0.1) is 0 Å². The van der Waals surface area contributed by atoms with Crippen LogP contribution in [0, 0.1) is 0 Å². The quantitative estimate of drug-likeness (QED) is 0.468. The lowest BCUT2D eigenvalue weighted by molar-refractivity contribution is 0.752. The van der Waals surface area contributed by atoms with Crippen LogP contribution in [0.15, 0.2) is 67.0 Å². The minimum absolute atomic E-state index is 0.643. The summed E-state index contributed by atoms with van der Waals surface area (Å²) >= 11 is 0. The second kappa shape index (κ2) is 6.66. The molecule has 2 heterocycles. The largest absolute Gasteiger partial charge is 0.323 e. The van der Waals surface area contributed by atoms with Crippen molar-refractivity contribution in [1.82, 2.24) is 14.5 Å². The van der Waals surface area contributed by atoms with Crippen LogP contribution in [0.4, 0.5) is 0 Å². The van der Waals surface area contributed by atoms with Crippen LogP contribution < -0.4 is 0 Å². The summed E-state index contributed by atoms with van der Waals surface area (Å²) in [7, 11) is 0. The van der Waals surface area contributed by atoms with Crippen LogP contribution >= 0.6 is 0 Å². The first kappa shape index (κ1) is 16.2. The maximum absolute atomic E-state index is 5.11. The van der Waals surface area contributed by atoms with Crippen LogP contribution in [0.25, 0.3) is 22.2 Å². The Hall–Kier alpha value is -2.94. The molecule has 4 aromatic rings. The van der Waals surface area contributed by atoms with Gasteiger partial charge in [-0.1, -0.05) is 49.4 Å². The van der Waals surface area contributed by atoms with Gasteiger partial charge in [0.25, 0.3) is 0 Å². The maximum Gasteiger partial charge on any atom is 0.142 e. The smallest absolute Gasteiger partial charge is 0.142 e. The van der Waals surface area contributed by atoms with Gasteiger partial charge in [0.1, 0.15) is 5.82 Å². The van der Waals surface area contributed by atoms with Gasteiger partial charge in [-0.25, -0.2) is 4.98 Å². The second-order valence-corrected chi connectivity index (χ2v) is 7.36. The summed E-state index contributed by atoms with van der Waals surface area (Å²) in [5.41, 5.74) is 5.12. The molecule has 3 nitrogen and oxygen atoms in total. The number of nitrogens with zero attached hydrogens (tertiary/aromatic N) is 3. The molecule has 5 rings (SSSR count). The first-order valence-electron chi connectivity index (χ1n) is 9.81. The van der Waals surface area contributed by atoms with Crippen molar-refractivity contribution in [3.05, 3.63) is 83.9 Å². The van der Waals surface area contributed by atoms with Crippen LogP contribution in [-0.2, 0) is 13.0 Å². The van der Waals surface area contributed by atoms with Gasteiger partial charge in [-0.2, -0.15) is 0 Å². The molecule has 27 heavy (non-hydrogen) atoms. The van der Waals surface area contributed by atoms with E-state index in [4.69, 9.17) is 4.98 Å². The van der Waals surface area contributed by atoms with Crippen LogP contribution in [-0.4, -0.2) is 14.5 Å². The highest BCUT2D eigenvalue weighted by Gasteiger charge is 2.31. The van der Waals surface area contributed by atoms with Crippen molar-refractivity contribution in [2.24, 2.45) is 0 Å². The molecule has 0 bridgehead atoms. The SMILES string of the molecule is CCc1c(C2CC2)nc(-c2cccnc2)n1Cc1cccc2ccccc12. The first-order chi connectivity index (χ1) is 13.3. The minimum Gasteiger partial charge on any atom is -0.323 e. The highest BCUT2D eigenvalue weighted by atomic mass is 15.1. The van der Waals surface area contributed by atoms with E-state index in [-0.39, 0.29) is 0 Å². The van der Waals surface area contributed by atoms with E-state index in [1.807, 2.05) is 18.5 Å². The second-order valence-electron chi connectivity index (χ2n) is 7.36. The van der Waals surface area contributed by atoms with Gasteiger partial charge in [0.05, 0.1) is 5.69 Å². The number of imidazole rings is 1. The predicted octanol–water partition coefficient (Wildman–Crippen LogP) is 5.59. The molecule has 0 spiro atoms. The molecule has 0 atom stereocenters. The highest BCUT2D eigenvalue weighted by molar-refractivity contribution is 5.85. The highest BCUT2D eigenvalue weighted by Crippen LogP contribution is 2.42. The molecule has 0 radical (unpaired) electrons. The van der Waals surface area contributed by atoms with E-state index in [2.05, 4.69) is 65.0 Å². The van der Waals surface area contributed by atoms with Crippen molar-refractivity contribution in [3.63, 3.8) is 0 Å². The van der Waals surface area contributed by atoms with Crippen LogP contribution in [0.3, 0.4) is 0 Å². The first-order valence-corrected chi connectivity index (χ1v) is 9.81. The molecule has 1 aliphatic carbocycles. The van der Waals surface area contributed by atoms with E-state index < -0.39 is 0 Å². The molecule has 1 saturated carbocycles. The van der Waals surface area contributed by atoms with Crippen LogP contribution in [0.5, 0.6) is 0 Å². The summed E-state index contributed by atoms with van der Waals surface area (Å²) in [5, 5.41) is 2.61. The molecule has 0 amide bonds. The summed E-state index contributed by atoms with van der Waals surface area (Å²) in [6.45, 7) is 3.09. The zero-order chi connectivity index (χ0) is 18.2. The molecule has 1 fully saturated rings. The molecule has 3 heteroatoms. The summed E-state index contributed by atoms with van der Waals surface area (Å²) in [5.74, 6) is 1.69. The van der Waals surface area contributed by atoms with Crippen molar-refractivity contribution in [2.45, 2.75) is 38.6 Å². The van der Waals surface area contributed by atoms with E-state index >= 15 is 0 Å². The maximum atomic E-state index is 5.11. The fourth-order valence-electron chi connectivity index (χ4n) is 4.05. The Labute approximate surface area is 159 Å².